The van der Waals surface area contributed by atoms with Crippen LogP contribution in [0.5, 0.6) is 0 Å². The van der Waals surface area contributed by atoms with Crippen molar-refractivity contribution >= 4 is 50.2 Å². The van der Waals surface area contributed by atoms with E-state index in [9.17, 15) is 8.42 Å². The Kier molecular flexibility index (Phi) is 3.28. The smallest absolute Gasteiger partial charge is 0.263 e. The maximum absolute atomic E-state index is 12.4. The van der Waals surface area contributed by atoms with E-state index in [1.165, 1.54) is 12.1 Å². The summed E-state index contributed by atoms with van der Waals surface area (Å²) >= 11 is 6.69. The van der Waals surface area contributed by atoms with Crippen molar-refractivity contribution in [1.29, 1.82) is 0 Å². The number of hydrogen-bond acceptors (Lipinski definition) is 5. The van der Waals surface area contributed by atoms with Crippen LogP contribution in [0.3, 0.4) is 0 Å². The third-order valence-electron chi connectivity index (χ3n) is 2.49. The largest absolute Gasteiger partial charge is 0.265 e. The summed E-state index contributed by atoms with van der Waals surface area (Å²) in [4.78, 5) is 3.95. The van der Waals surface area contributed by atoms with Gasteiger partial charge in [-0.25, -0.2) is 13.4 Å². The quantitative estimate of drug-likeness (QED) is 0.750. The molecule has 1 aromatic carbocycles. The molecule has 1 N–H and O–H groups in total. The summed E-state index contributed by atoms with van der Waals surface area (Å²) < 4.78 is 35.1. The summed E-state index contributed by atoms with van der Waals surface area (Å²) in [6.07, 6.45) is 0. The molecular weight excluding hydrogens is 320 g/mol. The molecule has 2 aromatic rings. The molecule has 2 heterocycles. The van der Waals surface area contributed by atoms with Crippen LogP contribution in [0.15, 0.2) is 50.0 Å². The number of nitrogens with one attached hydrogen (secondary N) is 1. The standard InChI is InChI=1S/C11H7ClN4O2S2/c12-9-5-2-6-10(13-9)16-20(17,18)8-4-1-3-7-11(8)15-19-14-7/h1-6H,(H,13,16). The van der Waals surface area contributed by atoms with Crippen molar-refractivity contribution in [3.63, 3.8) is 0 Å². The van der Waals surface area contributed by atoms with Crippen LogP contribution in [0.25, 0.3) is 0 Å². The minimum absolute atomic E-state index is 0.0607. The maximum atomic E-state index is 12.4. The molecule has 20 heavy (non-hydrogen) atoms. The van der Waals surface area contributed by atoms with E-state index in [-0.39, 0.29) is 15.9 Å². The number of nitrogens with zero attached hydrogens (tertiary/aromatic N) is 3. The number of anilines is 1. The second-order valence-corrected chi connectivity index (χ2v) is 6.41. The second kappa shape index (κ2) is 4.97. The van der Waals surface area contributed by atoms with Crippen molar-refractivity contribution in [3.8, 4) is 0 Å². The fraction of sp³-hybridized carbons (Fsp3) is 0. The summed E-state index contributed by atoms with van der Waals surface area (Å²) in [5, 5.41) is 0.207. The molecule has 0 atom stereocenters. The Labute approximate surface area is 123 Å². The van der Waals surface area contributed by atoms with Gasteiger partial charge < -0.3 is 0 Å². The predicted molar refractivity (Wildman–Crippen MR) is 78.0 cm³/mol. The highest BCUT2D eigenvalue weighted by molar-refractivity contribution is 7.93. The van der Waals surface area contributed by atoms with Gasteiger partial charge in [-0.1, -0.05) is 23.7 Å². The number of benzene rings is 1. The zero-order valence-electron chi connectivity index (χ0n) is 9.82. The first kappa shape index (κ1) is 13.2. The lowest BCUT2D eigenvalue weighted by atomic mass is 10.3. The van der Waals surface area contributed by atoms with Crippen molar-refractivity contribution in [2.45, 2.75) is 4.90 Å². The number of pyridine rings is 1. The molecule has 0 aliphatic carbocycles. The van der Waals surface area contributed by atoms with Gasteiger partial charge in [0.2, 0.25) is 0 Å². The molecule has 0 unspecified atom stereocenters. The van der Waals surface area contributed by atoms with Crippen molar-refractivity contribution in [2.75, 3.05) is 4.72 Å². The van der Waals surface area contributed by atoms with Crippen molar-refractivity contribution < 1.29 is 8.42 Å². The minimum atomic E-state index is -3.79. The molecule has 1 aliphatic heterocycles. The van der Waals surface area contributed by atoms with Crippen LogP contribution in [0.2, 0.25) is 5.15 Å². The Morgan fingerprint density at radius 3 is 2.70 bits per heavy atom. The van der Waals surface area contributed by atoms with Gasteiger partial charge in [0, 0.05) is 0 Å². The van der Waals surface area contributed by atoms with E-state index in [1.54, 1.807) is 24.3 Å². The molecule has 102 valence electrons. The number of hydrogen-bond donors (Lipinski definition) is 1. The van der Waals surface area contributed by atoms with Gasteiger partial charge in [0.05, 0.1) is 11.4 Å². The zero-order valence-corrected chi connectivity index (χ0v) is 12.2. The number of sulfonamides is 1. The summed E-state index contributed by atoms with van der Waals surface area (Å²) in [6, 6.07) is 9.47. The van der Waals surface area contributed by atoms with Gasteiger partial charge in [-0.2, -0.15) is 8.73 Å². The highest BCUT2D eigenvalue weighted by Gasteiger charge is 2.22. The number of fused-ring (bicyclic) bond motifs is 1. The number of aromatic nitrogens is 1. The van der Waals surface area contributed by atoms with E-state index in [1.807, 2.05) is 0 Å². The monoisotopic (exact) mass is 326 g/mol. The van der Waals surface area contributed by atoms with Crippen molar-refractivity contribution in [1.82, 2.24) is 4.98 Å². The first-order valence-electron chi connectivity index (χ1n) is 5.43. The molecule has 1 aliphatic rings. The average molecular weight is 327 g/mol. The van der Waals surface area contributed by atoms with Crippen LogP contribution in [-0.4, -0.2) is 13.4 Å². The van der Waals surface area contributed by atoms with Crippen LogP contribution >= 0.6 is 11.6 Å². The zero-order chi connectivity index (χ0) is 14.2. The van der Waals surface area contributed by atoms with Gasteiger partial charge in [0.1, 0.15) is 27.2 Å². The number of halogens is 1. The highest BCUT2D eigenvalue weighted by Crippen LogP contribution is 2.37. The highest BCUT2D eigenvalue weighted by atomic mass is 35.5. The minimum Gasteiger partial charge on any atom is -0.263 e. The Hall–Kier alpha value is -1.77. The molecule has 1 aromatic heterocycles. The first-order valence-corrected chi connectivity index (χ1v) is 8.02. The molecular formula is C11H7ClN4O2S2. The molecule has 0 fully saturated rings. The van der Waals surface area contributed by atoms with E-state index in [0.29, 0.717) is 11.4 Å². The van der Waals surface area contributed by atoms with Crippen molar-refractivity contribution in [2.24, 2.45) is 8.73 Å². The second-order valence-electron chi connectivity index (χ2n) is 3.84. The molecule has 0 bridgehead atoms. The lowest BCUT2D eigenvalue weighted by Crippen LogP contribution is -2.14. The van der Waals surface area contributed by atoms with E-state index in [4.69, 9.17) is 11.6 Å². The van der Waals surface area contributed by atoms with Crippen LogP contribution in [-0.2, 0) is 21.4 Å². The molecule has 6 nitrogen and oxygen atoms in total. The predicted octanol–water partition coefficient (Wildman–Crippen LogP) is 3.26. The molecule has 0 saturated heterocycles. The van der Waals surface area contributed by atoms with E-state index < -0.39 is 10.0 Å². The number of rotatable bonds is 3. The fourth-order valence-electron chi connectivity index (χ4n) is 1.66. The normalized spacial score (nSPS) is 12.8. The van der Waals surface area contributed by atoms with Gasteiger partial charge >= 0.3 is 0 Å². The summed E-state index contributed by atoms with van der Waals surface area (Å²) in [5.74, 6) is 0.151. The molecule has 3 rings (SSSR count). The van der Waals surface area contributed by atoms with Gasteiger partial charge in [-0.05, 0) is 24.3 Å². The Morgan fingerprint density at radius 1 is 1.10 bits per heavy atom. The molecule has 0 saturated carbocycles. The Balaban J connectivity index is 2.02. The third kappa shape index (κ3) is 2.45. The SMILES string of the molecule is O=S(=O)(Nc1cccc(Cl)n1)c1cccc2c1N=S=N2. The van der Waals surface area contributed by atoms with Crippen LogP contribution < -0.4 is 4.72 Å². The lowest BCUT2D eigenvalue weighted by molar-refractivity contribution is 0.601. The molecule has 0 spiro atoms. The summed E-state index contributed by atoms with van der Waals surface area (Å²) in [7, 11) is -3.79. The van der Waals surface area contributed by atoms with Gasteiger partial charge in [-0.15, -0.1) is 0 Å². The van der Waals surface area contributed by atoms with Gasteiger partial charge in [0.15, 0.2) is 0 Å². The fourth-order valence-corrected chi connectivity index (χ4v) is 3.59. The van der Waals surface area contributed by atoms with Crippen LogP contribution in [0.1, 0.15) is 0 Å². The molecule has 0 radical (unpaired) electrons. The maximum Gasteiger partial charge on any atom is 0.265 e. The Bertz CT molecular complexity index is 860. The molecule has 9 heteroatoms. The molecule has 0 amide bonds. The van der Waals surface area contributed by atoms with Crippen molar-refractivity contribution in [3.05, 3.63) is 41.6 Å². The lowest BCUT2D eigenvalue weighted by Gasteiger charge is -2.09. The van der Waals surface area contributed by atoms with Gasteiger partial charge in [0.25, 0.3) is 10.0 Å². The first-order chi connectivity index (χ1) is 9.56. The Morgan fingerprint density at radius 2 is 1.90 bits per heavy atom. The van der Waals surface area contributed by atoms with Crippen LogP contribution in [0.4, 0.5) is 17.2 Å². The van der Waals surface area contributed by atoms with E-state index in [2.05, 4.69) is 18.4 Å². The average Bonchev–Trinajstić information content (AvgIpc) is 2.85. The topological polar surface area (TPSA) is 83.8 Å². The summed E-state index contributed by atoms with van der Waals surface area (Å²) in [5.41, 5.74) is 0.879. The van der Waals surface area contributed by atoms with Gasteiger partial charge in [-0.3, -0.25) is 4.72 Å². The third-order valence-corrected chi connectivity index (χ3v) is 4.63. The van der Waals surface area contributed by atoms with E-state index in [0.717, 1.165) is 11.4 Å². The summed E-state index contributed by atoms with van der Waals surface area (Å²) in [6.45, 7) is 0. The van der Waals surface area contributed by atoms with Crippen LogP contribution in [0, 0.1) is 0 Å². The van der Waals surface area contributed by atoms with E-state index >= 15 is 0 Å².